The van der Waals surface area contributed by atoms with Gasteiger partial charge >= 0.3 is 0 Å². The van der Waals surface area contributed by atoms with Crippen molar-refractivity contribution >= 4 is 16.7 Å². The van der Waals surface area contributed by atoms with Crippen molar-refractivity contribution in [1.29, 1.82) is 0 Å². The normalized spacial score (nSPS) is 16.8. The minimum Gasteiger partial charge on any atom is -0.477 e. The number of anilines is 1. The van der Waals surface area contributed by atoms with E-state index in [-0.39, 0.29) is 12.0 Å². The number of fused-ring (bicyclic) bond motifs is 1. The van der Waals surface area contributed by atoms with Crippen molar-refractivity contribution in [3.05, 3.63) is 60.5 Å². The molecule has 0 saturated carbocycles. The summed E-state index contributed by atoms with van der Waals surface area (Å²) in [6.45, 7) is 6.16. The van der Waals surface area contributed by atoms with Gasteiger partial charge in [-0.1, -0.05) is 13.8 Å². The number of rotatable bonds is 3. The Balaban J connectivity index is 1.78. The van der Waals surface area contributed by atoms with Crippen LogP contribution in [-0.2, 0) is 4.74 Å². The van der Waals surface area contributed by atoms with E-state index in [1.54, 1.807) is 23.1 Å². The van der Waals surface area contributed by atoms with Crippen molar-refractivity contribution in [3.63, 3.8) is 0 Å². The topological polar surface area (TPSA) is 43.2 Å². The zero-order chi connectivity index (χ0) is 17.6. The summed E-state index contributed by atoms with van der Waals surface area (Å²) >= 11 is 0. The van der Waals surface area contributed by atoms with Gasteiger partial charge in [0.25, 0.3) is 0 Å². The van der Waals surface area contributed by atoms with E-state index in [1.165, 1.54) is 6.07 Å². The van der Waals surface area contributed by atoms with Crippen LogP contribution in [0.2, 0.25) is 0 Å². The Bertz CT molecular complexity index is 963. The number of ether oxygens (including phenoxy) is 1. The Morgan fingerprint density at radius 2 is 2.08 bits per heavy atom. The van der Waals surface area contributed by atoms with Crippen molar-refractivity contribution in [1.82, 2.24) is 14.8 Å². The predicted molar refractivity (Wildman–Crippen MR) is 95.1 cm³/mol. The summed E-state index contributed by atoms with van der Waals surface area (Å²) in [4.78, 5) is 6.33. The average molecular weight is 338 g/mol. The second-order valence-corrected chi connectivity index (χ2v) is 6.47. The van der Waals surface area contributed by atoms with Crippen molar-refractivity contribution < 1.29 is 9.13 Å². The van der Waals surface area contributed by atoms with Crippen LogP contribution in [-0.4, -0.2) is 21.0 Å². The van der Waals surface area contributed by atoms with Crippen LogP contribution < -0.4 is 4.90 Å². The zero-order valence-corrected chi connectivity index (χ0v) is 14.3. The highest BCUT2D eigenvalue weighted by Gasteiger charge is 2.19. The predicted octanol–water partition coefficient (Wildman–Crippen LogP) is 4.34. The summed E-state index contributed by atoms with van der Waals surface area (Å²) in [6, 6.07) is 6.99. The molecule has 1 unspecified atom stereocenters. The van der Waals surface area contributed by atoms with E-state index in [1.807, 2.05) is 30.4 Å². The molecule has 0 aliphatic carbocycles. The van der Waals surface area contributed by atoms with Crippen molar-refractivity contribution in [3.8, 4) is 5.69 Å². The van der Waals surface area contributed by atoms with Crippen LogP contribution in [0, 0.1) is 5.82 Å². The van der Waals surface area contributed by atoms with Gasteiger partial charge in [-0.15, -0.1) is 5.10 Å². The van der Waals surface area contributed by atoms with Crippen LogP contribution in [0.15, 0.2) is 49.1 Å². The molecule has 1 aliphatic rings. The highest BCUT2D eigenvalue weighted by Crippen LogP contribution is 2.27. The molecule has 0 N–H and O–H groups in total. The first-order chi connectivity index (χ1) is 12.0. The minimum atomic E-state index is -0.336. The van der Waals surface area contributed by atoms with Crippen LogP contribution >= 0.6 is 0 Å². The van der Waals surface area contributed by atoms with Gasteiger partial charge in [-0.25, -0.2) is 14.1 Å². The molecule has 128 valence electrons. The highest BCUT2D eigenvalue weighted by molar-refractivity contribution is 5.75. The Hall–Kier alpha value is -2.89. The first-order valence-corrected chi connectivity index (χ1v) is 8.28. The fourth-order valence-electron chi connectivity index (χ4n) is 2.91. The van der Waals surface area contributed by atoms with E-state index in [4.69, 9.17) is 4.74 Å². The van der Waals surface area contributed by atoms with E-state index in [0.717, 1.165) is 16.6 Å². The molecule has 0 fully saturated rings. The van der Waals surface area contributed by atoms with Gasteiger partial charge in [-0.05, 0) is 42.7 Å². The van der Waals surface area contributed by atoms with E-state index in [9.17, 15) is 4.39 Å². The summed E-state index contributed by atoms with van der Waals surface area (Å²) in [5.74, 6) is 0.0427. The molecule has 1 aromatic carbocycles. The van der Waals surface area contributed by atoms with Crippen LogP contribution in [0.25, 0.3) is 16.7 Å². The minimum absolute atomic E-state index is 0.120. The van der Waals surface area contributed by atoms with Gasteiger partial charge in [0.2, 0.25) is 0 Å². The number of hydrogen-bond donors (Lipinski definition) is 0. The molecule has 3 heterocycles. The number of pyridine rings is 1. The zero-order valence-electron chi connectivity index (χ0n) is 14.3. The lowest BCUT2D eigenvalue weighted by Gasteiger charge is -2.21. The lowest BCUT2D eigenvalue weighted by Crippen LogP contribution is -2.24. The van der Waals surface area contributed by atoms with Crippen LogP contribution in [0.5, 0.6) is 0 Å². The number of nitrogens with zero attached hydrogens (tertiary/aromatic N) is 4. The van der Waals surface area contributed by atoms with Gasteiger partial charge in [0.1, 0.15) is 17.8 Å². The summed E-state index contributed by atoms with van der Waals surface area (Å²) < 4.78 is 21.4. The van der Waals surface area contributed by atoms with Crippen LogP contribution in [0.1, 0.15) is 32.3 Å². The molecule has 6 heteroatoms. The van der Waals surface area contributed by atoms with Gasteiger partial charge in [0.05, 0.1) is 0 Å². The third-order valence-electron chi connectivity index (χ3n) is 4.41. The van der Waals surface area contributed by atoms with Gasteiger partial charge in [-0.2, -0.15) is 0 Å². The van der Waals surface area contributed by atoms with Crippen LogP contribution in [0.4, 0.5) is 10.1 Å². The molecule has 2 aromatic heterocycles. The number of benzene rings is 1. The summed E-state index contributed by atoms with van der Waals surface area (Å²) in [5.41, 5.74) is 2.96. The molecule has 0 radical (unpaired) electrons. The lowest BCUT2D eigenvalue weighted by atomic mass is 10.1. The van der Waals surface area contributed by atoms with E-state index in [0.29, 0.717) is 17.3 Å². The molecule has 3 aromatic rings. The summed E-state index contributed by atoms with van der Waals surface area (Å²) in [6.07, 6.45) is 6.98. The van der Waals surface area contributed by atoms with Gasteiger partial charge < -0.3 is 9.64 Å². The smallest absolute Gasteiger partial charge is 0.181 e. The monoisotopic (exact) mass is 338 g/mol. The quantitative estimate of drug-likeness (QED) is 0.713. The molecule has 25 heavy (non-hydrogen) atoms. The molecule has 0 saturated heterocycles. The second kappa shape index (κ2) is 5.88. The molecule has 0 bridgehead atoms. The fraction of sp³-hybridized carbons (Fsp3) is 0.263. The first-order valence-electron chi connectivity index (χ1n) is 8.28. The lowest BCUT2D eigenvalue weighted by molar-refractivity contribution is 0.190. The maximum Gasteiger partial charge on any atom is 0.181 e. The van der Waals surface area contributed by atoms with E-state index >= 15 is 0 Å². The third kappa shape index (κ3) is 2.73. The second-order valence-electron chi connectivity index (χ2n) is 6.47. The summed E-state index contributed by atoms with van der Waals surface area (Å²) in [5, 5.41) is 5.33. The third-order valence-corrected chi connectivity index (χ3v) is 4.41. The Labute approximate surface area is 145 Å². The Kier molecular flexibility index (Phi) is 3.67. The van der Waals surface area contributed by atoms with Gasteiger partial charge in [0, 0.05) is 29.7 Å². The highest BCUT2D eigenvalue weighted by atomic mass is 19.1. The van der Waals surface area contributed by atoms with Crippen molar-refractivity contribution in [2.24, 2.45) is 0 Å². The standard InChI is InChI=1S/C19H19FN4O/c1-12(2)14-8-15-11-24(22-19(15)21-10-14)18-9-16(4-5-17(18)20)23-6-7-25-13(23)3/h4-13H,1-3H3. The van der Waals surface area contributed by atoms with Crippen molar-refractivity contribution in [2.75, 3.05) is 4.90 Å². The van der Waals surface area contributed by atoms with Gasteiger partial charge in [0.15, 0.2) is 11.9 Å². The maximum absolute atomic E-state index is 14.4. The molecule has 5 nitrogen and oxygen atoms in total. The Morgan fingerprint density at radius 1 is 1.24 bits per heavy atom. The average Bonchev–Trinajstić information content (AvgIpc) is 3.20. The summed E-state index contributed by atoms with van der Waals surface area (Å²) in [7, 11) is 0. The number of aromatic nitrogens is 3. The maximum atomic E-state index is 14.4. The number of hydrogen-bond acceptors (Lipinski definition) is 4. The van der Waals surface area contributed by atoms with Crippen LogP contribution in [0.3, 0.4) is 0 Å². The largest absolute Gasteiger partial charge is 0.477 e. The fourth-order valence-corrected chi connectivity index (χ4v) is 2.91. The Morgan fingerprint density at radius 3 is 2.80 bits per heavy atom. The molecular weight excluding hydrogens is 319 g/mol. The molecule has 1 atom stereocenters. The van der Waals surface area contributed by atoms with Crippen molar-refractivity contribution in [2.45, 2.75) is 32.9 Å². The molecule has 0 amide bonds. The molecular formula is C19H19FN4O. The first kappa shape index (κ1) is 15.6. The molecule has 1 aliphatic heterocycles. The number of halogens is 1. The van der Waals surface area contributed by atoms with Gasteiger partial charge in [-0.3, -0.25) is 0 Å². The SMILES string of the molecule is CC(C)c1cnc2nn(-c3cc(N4C=COC4C)ccc3F)cc2c1. The molecule has 0 spiro atoms. The van der Waals surface area contributed by atoms with E-state index < -0.39 is 0 Å². The molecule has 4 rings (SSSR count). The van der Waals surface area contributed by atoms with E-state index in [2.05, 4.69) is 30.0 Å².